The lowest BCUT2D eigenvalue weighted by Crippen LogP contribution is -2.38. The topological polar surface area (TPSA) is 164 Å². The molecule has 1 aliphatic carbocycles. The van der Waals surface area contributed by atoms with Gasteiger partial charge in [0.05, 0.1) is 17.7 Å². The number of carbonyl (C=O) groups excluding carboxylic acids is 1. The molecule has 6 rings (SSSR count). The van der Waals surface area contributed by atoms with Gasteiger partial charge in [0, 0.05) is 36.7 Å². The Labute approximate surface area is 314 Å². The number of phenolic OH excluding ortho intramolecular Hbond substituents is 1. The predicted molar refractivity (Wildman–Crippen MR) is 208 cm³/mol. The van der Waals surface area contributed by atoms with E-state index in [0.29, 0.717) is 59.8 Å². The molecule has 11 nitrogen and oxygen atoms in total. The van der Waals surface area contributed by atoms with Gasteiger partial charge in [0.2, 0.25) is 5.56 Å². The minimum absolute atomic E-state index is 0.0109. The Morgan fingerprint density at radius 1 is 0.889 bits per heavy atom. The van der Waals surface area contributed by atoms with Gasteiger partial charge in [-0.1, -0.05) is 79.9 Å². The van der Waals surface area contributed by atoms with Crippen molar-refractivity contribution in [3.63, 3.8) is 0 Å². The number of carbonyl (C=O) groups is 2. The summed E-state index contributed by atoms with van der Waals surface area (Å²) < 4.78 is 6.10. The highest BCUT2D eigenvalue weighted by atomic mass is 16.5. The van der Waals surface area contributed by atoms with Crippen LogP contribution in [0.4, 0.5) is 4.79 Å². The summed E-state index contributed by atoms with van der Waals surface area (Å²) >= 11 is 0. The maximum absolute atomic E-state index is 13.9. The van der Waals surface area contributed by atoms with E-state index in [-0.39, 0.29) is 30.4 Å². The lowest BCUT2D eigenvalue weighted by molar-refractivity contribution is 0.0710. The Bertz CT molecular complexity index is 2060. The Balaban J connectivity index is 1.04. The molecular weight excluding hydrogens is 684 g/mol. The first-order chi connectivity index (χ1) is 26.2. The molecule has 282 valence electrons. The van der Waals surface area contributed by atoms with Gasteiger partial charge >= 0.3 is 6.09 Å². The van der Waals surface area contributed by atoms with Crippen LogP contribution in [-0.4, -0.2) is 63.4 Å². The Morgan fingerprint density at radius 3 is 2.41 bits per heavy atom. The molecule has 1 saturated carbocycles. The van der Waals surface area contributed by atoms with Crippen LogP contribution in [0.25, 0.3) is 10.9 Å². The number of fused-ring (bicyclic) bond motifs is 1. The molecule has 11 heteroatoms. The summed E-state index contributed by atoms with van der Waals surface area (Å²) in [4.78, 5) is 41.8. The zero-order valence-electron chi connectivity index (χ0n) is 30.2. The maximum Gasteiger partial charge on any atom is 0.405 e. The van der Waals surface area contributed by atoms with Crippen molar-refractivity contribution in [2.75, 3.05) is 26.2 Å². The maximum atomic E-state index is 13.9. The van der Waals surface area contributed by atoms with Crippen molar-refractivity contribution in [3.05, 3.63) is 141 Å². The number of aliphatic hydroxyl groups is 1. The smallest absolute Gasteiger partial charge is 0.405 e. The number of amides is 2. The van der Waals surface area contributed by atoms with Crippen molar-refractivity contribution in [1.29, 1.82) is 0 Å². The summed E-state index contributed by atoms with van der Waals surface area (Å²) in [5.74, 6) is 1.02. The molecule has 6 N–H and O–H groups in total. The number of H-pyrrole nitrogens is 1. The average molecular weight is 733 g/mol. The van der Waals surface area contributed by atoms with Crippen LogP contribution in [0.1, 0.15) is 83.3 Å². The van der Waals surface area contributed by atoms with Crippen molar-refractivity contribution in [3.8, 4) is 11.5 Å². The monoisotopic (exact) mass is 732 g/mol. The Hall–Kier alpha value is -5.65. The molecule has 0 radical (unpaired) electrons. The summed E-state index contributed by atoms with van der Waals surface area (Å²) in [6.07, 6.45) is 4.59. The van der Waals surface area contributed by atoms with E-state index in [2.05, 4.69) is 15.6 Å². The molecule has 54 heavy (non-hydrogen) atoms. The highest BCUT2D eigenvalue weighted by Gasteiger charge is 2.22. The molecule has 1 fully saturated rings. The fraction of sp³-hybridized carbons (Fsp3) is 0.326. The molecule has 0 bridgehead atoms. The number of nitrogens with zero attached hydrogens (tertiary/aromatic N) is 1. The molecule has 0 saturated heterocycles. The average Bonchev–Trinajstić information content (AvgIpc) is 3.19. The second-order valence-corrected chi connectivity index (χ2v) is 14.0. The van der Waals surface area contributed by atoms with Crippen LogP contribution in [0.15, 0.2) is 108 Å². The van der Waals surface area contributed by atoms with Gasteiger partial charge in [0.25, 0.3) is 5.91 Å². The largest absolute Gasteiger partial charge is 0.506 e. The number of rotatable bonds is 16. The van der Waals surface area contributed by atoms with Gasteiger partial charge in [-0.15, -0.1) is 0 Å². The van der Waals surface area contributed by atoms with Gasteiger partial charge < -0.3 is 40.6 Å². The Kier molecular flexibility index (Phi) is 13.0. The number of ether oxygens (including phenoxy) is 1. The van der Waals surface area contributed by atoms with Crippen LogP contribution in [-0.2, 0) is 6.61 Å². The zero-order chi connectivity index (χ0) is 37.9. The first-order valence-electron chi connectivity index (χ1n) is 18.6. The van der Waals surface area contributed by atoms with Crippen molar-refractivity contribution in [2.45, 2.75) is 57.3 Å². The van der Waals surface area contributed by atoms with E-state index in [9.17, 15) is 29.7 Å². The molecule has 2 atom stereocenters. The first kappa shape index (κ1) is 38.1. The normalized spacial score (nSPS) is 14.3. The van der Waals surface area contributed by atoms with Crippen molar-refractivity contribution < 1.29 is 29.6 Å². The number of benzene rings is 4. The lowest BCUT2D eigenvalue weighted by Gasteiger charge is -2.30. The van der Waals surface area contributed by atoms with Gasteiger partial charge in [-0.25, -0.2) is 4.79 Å². The van der Waals surface area contributed by atoms with Crippen LogP contribution in [0.2, 0.25) is 0 Å². The van der Waals surface area contributed by atoms with Gasteiger partial charge in [-0.3, -0.25) is 9.59 Å². The van der Waals surface area contributed by atoms with Crippen molar-refractivity contribution in [1.82, 2.24) is 20.5 Å². The minimum Gasteiger partial charge on any atom is -0.506 e. The fourth-order valence-electron chi connectivity index (χ4n) is 7.26. The van der Waals surface area contributed by atoms with Crippen molar-refractivity contribution >= 4 is 22.9 Å². The van der Waals surface area contributed by atoms with E-state index in [0.717, 1.165) is 29.5 Å². The van der Waals surface area contributed by atoms with Crippen LogP contribution in [0.3, 0.4) is 0 Å². The molecule has 1 aliphatic rings. The van der Waals surface area contributed by atoms with E-state index in [1.807, 2.05) is 83.8 Å². The number of carboxylic acid groups (broad SMARTS) is 1. The van der Waals surface area contributed by atoms with E-state index < -0.39 is 18.2 Å². The van der Waals surface area contributed by atoms with Crippen molar-refractivity contribution in [2.24, 2.45) is 5.92 Å². The fourth-order valence-corrected chi connectivity index (χ4v) is 7.26. The number of nitrogens with one attached hydrogen (secondary N) is 3. The summed E-state index contributed by atoms with van der Waals surface area (Å²) in [6, 6.07) is 29.8. The van der Waals surface area contributed by atoms with E-state index in [4.69, 9.17) is 4.74 Å². The van der Waals surface area contributed by atoms with Gasteiger partial charge in [0.1, 0.15) is 18.1 Å². The molecule has 4 aromatic carbocycles. The number of aromatic nitrogens is 1. The summed E-state index contributed by atoms with van der Waals surface area (Å²) in [5, 5.41) is 37.1. The number of pyridine rings is 1. The standard InChI is InChI=1S/C43H48N4O7/c48-37-21-19-35(36-20-22-39(50)45-41(36)37)38(49)26-44-23-8-24-47(27-29-9-3-1-4-10-29)42(51)32-17-15-30(16-18-32)28-54-34-14-7-13-33(25-34)40(46-43(52)53)31-11-5-2-6-12-31/h2,5-7,11-22,25,29,38,40,44,46,48-49H,1,3-4,8-10,23-24,26-28H2,(H,45,50)(H,52,53)/t38-,40?/m1/s1. The second-order valence-electron chi connectivity index (χ2n) is 14.0. The number of aromatic hydroxyl groups is 1. The molecule has 1 aromatic heterocycles. The van der Waals surface area contributed by atoms with Crippen LogP contribution in [0, 0.1) is 5.92 Å². The quantitative estimate of drug-likeness (QED) is 0.0597. The number of hydrogen-bond acceptors (Lipinski definition) is 7. The van der Waals surface area contributed by atoms with E-state index >= 15 is 0 Å². The molecule has 1 unspecified atom stereocenters. The van der Waals surface area contributed by atoms with Crippen LogP contribution >= 0.6 is 0 Å². The van der Waals surface area contributed by atoms with Gasteiger partial charge in [0.15, 0.2) is 0 Å². The third-order valence-corrected chi connectivity index (χ3v) is 10.1. The number of aromatic amines is 1. The summed E-state index contributed by atoms with van der Waals surface area (Å²) in [5.41, 5.74) is 3.67. The summed E-state index contributed by atoms with van der Waals surface area (Å²) in [6.45, 7) is 2.43. The number of phenols is 1. The highest BCUT2D eigenvalue weighted by Crippen LogP contribution is 2.29. The summed E-state index contributed by atoms with van der Waals surface area (Å²) in [7, 11) is 0. The van der Waals surface area contributed by atoms with E-state index in [1.54, 1.807) is 12.1 Å². The SMILES string of the molecule is O=C(O)NC(c1ccccc1)c1cccc(OCc2ccc(C(=O)N(CCCNC[C@@H](O)c3ccc(O)c4[nH]c(=O)ccc34)CC3CCCCC3)cc2)c1. The number of hydrogen-bond donors (Lipinski definition) is 6. The number of aliphatic hydroxyl groups excluding tert-OH is 1. The predicted octanol–water partition coefficient (Wildman–Crippen LogP) is 6.91. The Morgan fingerprint density at radius 2 is 1.65 bits per heavy atom. The molecule has 0 aliphatic heterocycles. The molecular formula is C43H48N4O7. The van der Waals surface area contributed by atoms with Crippen LogP contribution in [0.5, 0.6) is 11.5 Å². The van der Waals surface area contributed by atoms with Gasteiger partial charge in [-0.2, -0.15) is 0 Å². The molecule has 5 aromatic rings. The minimum atomic E-state index is -1.12. The highest BCUT2D eigenvalue weighted by molar-refractivity contribution is 5.94. The molecule has 2 amide bonds. The first-order valence-corrected chi connectivity index (χ1v) is 18.6. The molecule has 0 spiro atoms. The van der Waals surface area contributed by atoms with E-state index in [1.165, 1.54) is 31.4 Å². The zero-order valence-corrected chi connectivity index (χ0v) is 30.2. The molecule has 1 heterocycles. The third kappa shape index (κ3) is 10.1. The van der Waals surface area contributed by atoms with Crippen LogP contribution < -0.4 is 20.9 Å². The third-order valence-electron chi connectivity index (χ3n) is 10.1. The lowest BCUT2D eigenvalue weighted by atomic mass is 9.88. The second kappa shape index (κ2) is 18.4. The van der Waals surface area contributed by atoms with Gasteiger partial charge in [-0.05, 0) is 90.4 Å².